The third kappa shape index (κ3) is 1.38. The van der Waals surface area contributed by atoms with Crippen LogP contribution < -0.4 is 0 Å². The fraction of sp³-hybridized carbons (Fsp3) is 1.00. The zero-order valence-corrected chi connectivity index (χ0v) is 8.18. The fourth-order valence-electron chi connectivity index (χ4n) is 2.21. The summed E-state index contributed by atoms with van der Waals surface area (Å²) in [6.45, 7) is 7.63. The maximum Gasteiger partial charge on any atom is 0.0992 e. The summed E-state index contributed by atoms with van der Waals surface area (Å²) < 4.78 is 5.63. The van der Waals surface area contributed by atoms with E-state index in [1.54, 1.807) is 0 Å². The number of hydrogen-bond donors (Lipinski definition) is 0. The summed E-state index contributed by atoms with van der Waals surface area (Å²) in [5.41, 5.74) is 0.558. The van der Waals surface area contributed by atoms with Gasteiger partial charge in [-0.15, -0.1) is 0 Å². The maximum atomic E-state index is 5.63. The minimum absolute atomic E-state index is 0.558. The quantitative estimate of drug-likeness (QED) is 0.594. The van der Waals surface area contributed by atoms with Gasteiger partial charge in [0.25, 0.3) is 0 Å². The molecule has 2 fully saturated rings. The molecule has 0 bridgehead atoms. The van der Waals surface area contributed by atoms with E-state index in [1.165, 1.54) is 25.8 Å². The predicted octanol–water partition coefficient (Wildman–Crippen LogP) is 1.85. The molecule has 2 nitrogen and oxygen atoms in total. The molecule has 0 unspecified atom stereocenters. The molecule has 0 aromatic heterocycles. The van der Waals surface area contributed by atoms with Crippen molar-refractivity contribution in [3.63, 3.8) is 0 Å². The molecule has 0 aromatic rings. The van der Waals surface area contributed by atoms with E-state index in [-0.39, 0.29) is 0 Å². The lowest BCUT2D eigenvalue weighted by Crippen LogP contribution is -2.52. The monoisotopic (exact) mass is 169 g/mol. The van der Waals surface area contributed by atoms with E-state index in [2.05, 4.69) is 18.7 Å². The van der Waals surface area contributed by atoms with Crippen molar-refractivity contribution in [3.05, 3.63) is 0 Å². The standard InChI is InChI=1S/C10H19NO/c1-9(2)11-6-10(4-3-5-10)7-12-8-11/h9H,3-8H2,1-2H3. The Bertz CT molecular complexity index is 163. The number of ether oxygens (including phenoxy) is 1. The molecule has 70 valence electrons. The van der Waals surface area contributed by atoms with Gasteiger partial charge in [0.15, 0.2) is 0 Å². The average molecular weight is 169 g/mol. The summed E-state index contributed by atoms with van der Waals surface area (Å²) in [5, 5.41) is 0. The summed E-state index contributed by atoms with van der Waals surface area (Å²) in [6.07, 6.45) is 4.18. The van der Waals surface area contributed by atoms with Gasteiger partial charge in [-0.25, -0.2) is 0 Å². The Morgan fingerprint density at radius 1 is 1.33 bits per heavy atom. The molecule has 1 spiro atoms. The van der Waals surface area contributed by atoms with Gasteiger partial charge in [0, 0.05) is 18.0 Å². The number of nitrogens with zero attached hydrogens (tertiary/aromatic N) is 1. The van der Waals surface area contributed by atoms with Crippen LogP contribution >= 0.6 is 0 Å². The highest BCUT2D eigenvalue weighted by Crippen LogP contribution is 2.43. The molecule has 0 N–H and O–H groups in total. The van der Waals surface area contributed by atoms with Crippen LogP contribution in [-0.4, -0.2) is 30.8 Å². The summed E-state index contributed by atoms with van der Waals surface area (Å²) in [5.74, 6) is 0. The summed E-state index contributed by atoms with van der Waals surface area (Å²) in [4.78, 5) is 2.45. The molecule has 1 aliphatic heterocycles. The Morgan fingerprint density at radius 3 is 2.58 bits per heavy atom. The molecule has 0 atom stereocenters. The lowest BCUT2D eigenvalue weighted by atomic mass is 9.68. The van der Waals surface area contributed by atoms with E-state index in [0.717, 1.165) is 13.3 Å². The van der Waals surface area contributed by atoms with Crippen molar-refractivity contribution < 1.29 is 4.74 Å². The van der Waals surface area contributed by atoms with E-state index in [9.17, 15) is 0 Å². The fourth-order valence-corrected chi connectivity index (χ4v) is 2.21. The van der Waals surface area contributed by atoms with Crippen LogP contribution in [0.15, 0.2) is 0 Å². The van der Waals surface area contributed by atoms with Gasteiger partial charge in [0.1, 0.15) is 0 Å². The highest BCUT2D eigenvalue weighted by molar-refractivity contribution is 4.92. The first kappa shape index (κ1) is 8.52. The third-order valence-corrected chi connectivity index (χ3v) is 3.35. The third-order valence-electron chi connectivity index (χ3n) is 3.35. The van der Waals surface area contributed by atoms with E-state index in [0.29, 0.717) is 11.5 Å². The van der Waals surface area contributed by atoms with Crippen LogP contribution in [0.3, 0.4) is 0 Å². The Morgan fingerprint density at radius 2 is 2.08 bits per heavy atom. The van der Waals surface area contributed by atoms with Crippen LogP contribution in [0.25, 0.3) is 0 Å². The van der Waals surface area contributed by atoms with Gasteiger partial charge in [-0.3, -0.25) is 4.90 Å². The molecule has 2 aliphatic rings. The zero-order chi connectivity index (χ0) is 8.60. The smallest absolute Gasteiger partial charge is 0.0992 e. The van der Waals surface area contributed by atoms with Gasteiger partial charge in [-0.05, 0) is 26.7 Å². The second-order valence-electron chi connectivity index (χ2n) is 4.67. The summed E-state index contributed by atoms with van der Waals surface area (Å²) in [7, 11) is 0. The number of rotatable bonds is 1. The second kappa shape index (κ2) is 3.00. The summed E-state index contributed by atoms with van der Waals surface area (Å²) >= 11 is 0. The lowest BCUT2D eigenvalue weighted by molar-refractivity contribution is -0.131. The molecule has 1 heterocycles. The van der Waals surface area contributed by atoms with Gasteiger partial charge in [0.05, 0.1) is 13.3 Å². The van der Waals surface area contributed by atoms with Crippen LogP contribution in [-0.2, 0) is 4.74 Å². The van der Waals surface area contributed by atoms with Crippen molar-refractivity contribution in [2.75, 3.05) is 19.9 Å². The Hall–Kier alpha value is -0.0800. The molecule has 2 heteroatoms. The van der Waals surface area contributed by atoms with Crippen LogP contribution in [0.1, 0.15) is 33.1 Å². The molecule has 12 heavy (non-hydrogen) atoms. The SMILES string of the molecule is CC(C)N1COCC2(CCC2)C1. The highest BCUT2D eigenvalue weighted by atomic mass is 16.5. The topological polar surface area (TPSA) is 12.5 Å². The van der Waals surface area contributed by atoms with Gasteiger partial charge in [-0.1, -0.05) is 6.42 Å². The normalized spacial score (nSPS) is 29.2. The molecule has 2 rings (SSSR count). The molecule has 1 aliphatic carbocycles. The van der Waals surface area contributed by atoms with Gasteiger partial charge >= 0.3 is 0 Å². The highest BCUT2D eigenvalue weighted by Gasteiger charge is 2.41. The maximum absolute atomic E-state index is 5.63. The first-order chi connectivity index (χ1) is 5.72. The van der Waals surface area contributed by atoms with Crippen molar-refractivity contribution in [2.45, 2.75) is 39.2 Å². The first-order valence-corrected chi connectivity index (χ1v) is 5.04. The first-order valence-electron chi connectivity index (χ1n) is 5.04. The van der Waals surface area contributed by atoms with Crippen LogP contribution in [0, 0.1) is 5.41 Å². The van der Waals surface area contributed by atoms with Crippen LogP contribution in [0.4, 0.5) is 0 Å². The van der Waals surface area contributed by atoms with Crippen LogP contribution in [0.5, 0.6) is 0 Å². The molecular weight excluding hydrogens is 150 g/mol. The van der Waals surface area contributed by atoms with Crippen molar-refractivity contribution in [1.29, 1.82) is 0 Å². The Labute approximate surface area is 74.9 Å². The molecular formula is C10H19NO. The minimum Gasteiger partial charge on any atom is -0.365 e. The van der Waals surface area contributed by atoms with E-state index < -0.39 is 0 Å². The van der Waals surface area contributed by atoms with Crippen molar-refractivity contribution in [3.8, 4) is 0 Å². The molecule has 0 radical (unpaired) electrons. The molecule has 1 saturated carbocycles. The van der Waals surface area contributed by atoms with E-state index >= 15 is 0 Å². The Balaban J connectivity index is 1.94. The van der Waals surface area contributed by atoms with Gasteiger partial charge in [0.2, 0.25) is 0 Å². The Kier molecular flexibility index (Phi) is 2.13. The second-order valence-corrected chi connectivity index (χ2v) is 4.67. The summed E-state index contributed by atoms with van der Waals surface area (Å²) in [6, 6.07) is 0.641. The van der Waals surface area contributed by atoms with E-state index in [1.807, 2.05) is 0 Å². The number of hydrogen-bond acceptors (Lipinski definition) is 2. The van der Waals surface area contributed by atoms with Crippen molar-refractivity contribution in [1.82, 2.24) is 4.90 Å². The predicted molar refractivity (Wildman–Crippen MR) is 48.9 cm³/mol. The lowest BCUT2D eigenvalue weighted by Gasteiger charge is -2.49. The minimum atomic E-state index is 0.558. The molecule has 0 aromatic carbocycles. The van der Waals surface area contributed by atoms with Crippen molar-refractivity contribution >= 4 is 0 Å². The molecule has 1 saturated heterocycles. The van der Waals surface area contributed by atoms with Crippen LogP contribution in [0.2, 0.25) is 0 Å². The average Bonchev–Trinajstić information content (AvgIpc) is 2.02. The largest absolute Gasteiger partial charge is 0.365 e. The molecule has 0 amide bonds. The zero-order valence-electron chi connectivity index (χ0n) is 8.18. The van der Waals surface area contributed by atoms with Gasteiger partial charge in [-0.2, -0.15) is 0 Å². The van der Waals surface area contributed by atoms with E-state index in [4.69, 9.17) is 4.74 Å². The van der Waals surface area contributed by atoms with Gasteiger partial charge < -0.3 is 4.74 Å². The van der Waals surface area contributed by atoms with Crippen molar-refractivity contribution in [2.24, 2.45) is 5.41 Å².